The van der Waals surface area contributed by atoms with Gasteiger partial charge in [0.25, 0.3) is 0 Å². The van der Waals surface area contributed by atoms with Crippen LogP contribution in [-0.2, 0) is 13.1 Å². The highest BCUT2D eigenvalue weighted by Gasteiger charge is 2.21. The predicted octanol–water partition coefficient (Wildman–Crippen LogP) is 4.73. The Labute approximate surface area is 146 Å². The zero-order valence-corrected chi connectivity index (χ0v) is 14.7. The van der Waals surface area contributed by atoms with Crippen molar-refractivity contribution in [1.82, 2.24) is 10.1 Å². The Morgan fingerprint density at radius 3 is 1.29 bits per heavy atom. The molecule has 134 valence electrons. The van der Waals surface area contributed by atoms with Gasteiger partial charge in [-0.3, -0.25) is 0 Å². The van der Waals surface area contributed by atoms with Gasteiger partial charge in [-0.05, 0) is 36.8 Å². The van der Waals surface area contributed by atoms with Gasteiger partial charge in [-0.25, -0.2) is 0 Å². The van der Waals surface area contributed by atoms with E-state index >= 15 is 0 Å². The van der Waals surface area contributed by atoms with E-state index in [0.717, 1.165) is 36.8 Å². The number of rotatable bonds is 6. The Balaban J connectivity index is 1.49. The number of benzene rings is 1. The summed E-state index contributed by atoms with van der Waals surface area (Å²) in [5.74, 6) is 0. The lowest BCUT2D eigenvalue weighted by atomic mass is 9.95. The highest BCUT2D eigenvalue weighted by atomic mass is 16.5. The maximum Gasteiger partial charge on any atom is 0.0491 e. The molecule has 4 heteroatoms. The zero-order valence-electron chi connectivity index (χ0n) is 14.7. The summed E-state index contributed by atoms with van der Waals surface area (Å²) in [6, 6.07) is 8.95. The smallest absolute Gasteiger partial charge is 0.0491 e. The Hall–Kier alpha value is -0.940. The van der Waals surface area contributed by atoms with Crippen LogP contribution in [0.15, 0.2) is 24.3 Å². The average molecular weight is 332 g/mol. The van der Waals surface area contributed by atoms with E-state index in [1.807, 2.05) is 0 Å². The van der Waals surface area contributed by atoms with Crippen molar-refractivity contribution in [1.29, 1.82) is 0 Å². The van der Waals surface area contributed by atoms with Gasteiger partial charge in [-0.15, -0.1) is 0 Å². The highest BCUT2D eigenvalue weighted by Crippen LogP contribution is 2.24. The van der Waals surface area contributed by atoms with E-state index in [-0.39, 0.29) is 0 Å². The van der Waals surface area contributed by atoms with Crippen LogP contribution in [-0.4, -0.2) is 32.6 Å². The van der Waals surface area contributed by atoms with Crippen LogP contribution < -0.4 is 0 Å². The van der Waals surface area contributed by atoms with E-state index in [1.165, 1.54) is 48.7 Å². The summed E-state index contributed by atoms with van der Waals surface area (Å²) in [6.07, 6.45) is 12.0. The van der Waals surface area contributed by atoms with Crippen LogP contribution in [0.2, 0.25) is 0 Å². The third-order valence-electron chi connectivity index (χ3n) is 5.70. The second-order valence-electron chi connectivity index (χ2n) is 7.60. The second kappa shape index (κ2) is 8.95. The van der Waals surface area contributed by atoms with E-state index in [4.69, 9.17) is 0 Å². The summed E-state index contributed by atoms with van der Waals surface area (Å²) in [6.45, 7) is 1.19. The van der Waals surface area contributed by atoms with Crippen molar-refractivity contribution < 1.29 is 10.4 Å². The molecule has 0 radical (unpaired) electrons. The lowest BCUT2D eigenvalue weighted by Crippen LogP contribution is -2.33. The molecule has 2 aliphatic rings. The molecule has 0 heterocycles. The molecule has 0 aromatic heterocycles. The van der Waals surface area contributed by atoms with Crippen molar-refractivity contribution in [2.24, 2.45) is 0 Å². The molecule has 1 aromatic rings. The summed E-state index contributed by atoms with van der Waals surface area (Å²) in [7, 11) is 0. The largest absolute Gasteiger partial charge is 0.313 e. The molecular formula is C20H32N2O2. The van der Waals surface area contributed by atoms with Crippen LogP contribution in [0.4, 0.5) is 0 Å². The quantitative estimate of drug-likeness (QED) is 0.739. The monoisotopic (exact) mass is 332 g/mol. The fourth-order valence-electron chi connectivity index (χ4n) is 4.14. The molecule has 0 spiro atoms. The van der Waals surface area contributed by atoms with Crippen molar-refractivity contribution in [2.75, 3.05) is 0 Å². The maximum absolute atomic E-state index is 10.3. The van der Waals surface area contributed by atoms with Gasteiger partial charge < -0.3 is 10.4 Å². The number of hydrogen-bond acceptors (Lipinski definition) is 4. The summed E-state index contributed by atoms with van der Waals surface area (Å²) in [4.78, 5) is 0. The van der Waals surface area contributed by atoms with E-state index in [9.17, 15) is 10.4 Å². The summed E-state index contributed by atoms with van der Waals surface area (Å²) >= 11 is 0. The van der Waals surface area contributed by atoms with Crippen LogP contribution >= 0.6 is 0 Å². The van der Waals surface area contributed by atoms with Crippen molar-refractivity contribution in [3.8, 4) is 0 Å². The first kappa shape index (κ1) is 17.9. The first-order valence-corrected chi connectivity index (χ1v) is 9.71. The lowest BCUT2D eigenvalue weighted by molar-refractivity contribution is -0.143. The molecule has 24 heavy (non-hydrogen) atoms. The molecule has 0 aliphatic heterocycles. The van der Waals surface area contributed by atoms with E-state index in [1.54, 1.807) is 0 Å². The number of hydrogen-bond donors (Lipinski definition) is 2. The van der Waals surface area contributed by atoms with Crippen molar-refractivity contribution in [2.45, 2.75) is 89.4 Å². The number of nitrogens with zero attached hydrogens (tertiary/aromatic N) is 2. The molecule has 3 rings (SSSR count). The zero-order chi connectivity index (χ0) is 16.8. The topological polar surface area (TPSA) is 46.9 Å². The number of hydroxylamine groups is 4. The Morgan fingerprint density at radius 1 is 0.625 bits per heavy atom. The molecule has 4 nitrogen and oxygen atoms in total. The summed E-state index contributed by atoms with van der Waals surface area (Å²) in [5, 5.41) is 23.6. The van der Waals surface area contributed by atoms with Crippen LogP contribution in [0, 0.1) is 0 Å². The van der Waals surface area contributed by atoms with Crippen LogP contribution in [0.25, 0.3) is 0 Å². The van der Waals surface area contributed by atoms with Crippen LogP contribution in [0.3, 0.4) is 0 Å². The summed E-state index contributed by atoms with van der Waals surface area (Å²) in [5.41, 5.74) is 2.27. The lowest BCUT2D eigenvalue weighted by Gasteiger charge is -2.30. The van der Waals surface area contributed by atoms with E-state index in [2.05, 4.69) is 24.3 Å². The minimum atomic E-state index is 0.317. The minimum absolute atomic E-state index is 0.317. The SMILES string of the molecule is ON(Cc1ccc(CN(O)C2CCCCC2)cc1)C1CCCCC1. The molecule has 2 aliphatic carbocycles. The third kappa shape index (κ3) is 5.03. The molecule has 0 amide bonds. The molecule has 0 saturated heterocycles. The molecule has 0 bridgehead atoms. The van der Waals surface area contributed by atoms with E-state index in [0.29, 0.717) is 25.2 Å². The second-order valence-corrected chi connectivity index (χ2v) is 7.60. The van der Waals surface area contributed by atoms with Gasteiger partial charge in [0, 0.05) is 25.2 Å². The molecule has 0 unspecified atom stereocenters. The molecule has 2 fully saturated rings. The van der Waals surface area contributed by atoms with Crippen molar-refractivity contribution >= 4 is 0 Å². The normalized spacial score (nSPS) is 20.8. The van der Waals surface area contributed by atoms with Crippen LogP contribution in [0.1, 0.15) is 75.3 Å². The van der Waals surface area contributed by atoms with Gasteiger partial charge in [-0.2, -0.15) is 10.1 Å². The average Bonchev–Trinajstić information content (AvgIpc) is 2.65. The first-order chi connectivity index (χ1) is 11.7. The fraction of sp³-hybridized carbons (Fsp3) is 0.700. The third-order valence-corrected chi connectivity index (χ3v) is 5.70. The van der Waals surface area contributed by atoms with Gasteiger partial charge in [0.05, 0.1) is 0 Å². The standard InChI is InChI=1S/C20H32N2O2/c23-21(19-7-3-1-4-8-19)15-17-11-13-18(14-12-17)16-22(24)20-9-5-2-6-10-20/h11-14,19-20,23-24H,1-10,15-16H2. The molecule has 1 aromatic carbocycles. The molecule has 0 atom stereocenters. The van der Waals surface area contributed by atoms with Crippen LogP contribution in [0.5, 0.6) is 0 Å². The van der Waals surface area contributed by atoms with Gasteiger partial charge >= 0.3 is 0 Å². The first-order valence-electron chi connectivity index (χ1n) is 9.71. The molecular weight excluding hydrogens is 300 g/mol. The van der Waals surface area contributed by atoms with Crippen molar-refractivity contribution in [3.05, 3.63) is 35.4 Å². The highest BCUT2D eigenvalue weighted by molar-refractivity contribution is 5.22. The Kier molecular flexibility index (Phi) is 6.67. The van der Waals surface area contributed by atoms with E-state index < -0.39 is 0 Å². The maximum atomic E-state index is 10.3. The molecule has 2 N–H and O–H groups in total. The fourth-order valence-corrected chi connectivity index (χ4v) is 4.14. The predicted molar refractivity (Wildman–Crippen MR) is 94.8 cm³/mol. The van der Waals surface area contributed by atoms with Gasteiger partial charge in [-0.1, -0.05) is 62.8 Å². The van der Waals surface area contributed by atoms with Gasteiger partial charge in [0.1, 0.15) is 0 Å². The molecule has 2 saturated carbocycles. The van der Waals surface area contributed by atoms with Gasteiger partial charge in [0.2, 0.25) is 0 Å². The minimum Gasteiger partial charge on any atom is -0.313 e. The van der Waals surface area contributed by atoms with Crippen molar-refractivity contribution in [3.63, 3.8) is 0 Å². The Bertz CT molecular complexity index is 434. The van der Waals surface area contributed by atoms with Gasteiger partial charge in [0.15, 0.2) is 0 Å². The summed E-state index contributed by atoms with van der Waals surface area (Å²) < 4.78 is 0. The Morgan fingerprint density at radius 2 is 0.958 bits per heavy atom.